The fourth-order valence-corrected chi connectivity index (χ4v) is 1.17. The fourth-order valence-electron chi connectivity index (χ4n) is 1.17. The molecule has 1 aromatic carbocycles. The van der Waals surface area contributed by atoms with Crippen molar-refractivity contribution in [3.63, 3.8) is 0 Å². The van der Waals surface area contributed by atoms with E-state index in [4.69, 9.17) is 4.74 Å². The van der Waals surface area contributed by atoms with Gasteiger partial charge >= 0.3 is 0 Å². The largest absolute Gasteiger partial charge is 0.507 e. The van der Waals surface area contributed by atoms with E-state index in [-0.39, 0.29) is 11.8 Å². The second kappa shape index (κ2) is 4.14. The number of methoxy groups -OCH3 is 1. The maximum atomic E-state index is 9.60. The van der Waals surface area contributed by atoms with Crippen molar-refractivity contribution in [3.05, 3.63) is 23.8 Å². The quantitative estimate of drug-likeness (QED) is 0.745. The third-order valence-electron chi connectivity index (χ3n) is 2.14. The number of rotatable bonds is 3. The van der Waals surface area contributed by atoms with Crippen LogP contribution in [0.25, 0.3) is 0 Å². The van der Waals surface area contributed by atoms with Gasteiger partial charge in [0.2, 0.25) is 0 Å². The number of phenolic OH excluding ortho intramolecular Hbond substituents is 1. The molecule has 0 heterocycles. The Balaban J connectivity index is 2.98. The van der Waals surface area contributed by atoms with Crippen molar-refractivity contribution in [2.45, 2.75) is 13.0 Å². The normalized spacial score (nSPS) is 12.5. The van der Waals surface area contributed by atoms with Gasteiger partial charge < -0.3 is 15.2 Å². The van der Waals surface area contributed by atoms with E-state index in [0.717, 1.165) is 5.56 Å². The Morgan fingerprint density at radius 1 is 1.46 bits per heavy atom. The van der Waals surface area contributed by atoms with Crippen molar-refractivity contribution in [3.8, 4) is 11.5 Å². The van der Waals surface area contributed by atoms with Crippen molar-refractivity contribution in [1.82, 2.24) is 5.32 Å². The molecule has 3 heteroatoms. The third kappa shape index (κ3) is 2.12. The molecule has 0 aliphatic rings. The Morgan fingerprint density at radius 2 is 2.15 bits per heavy atom. The molecule has 0 fully saturated rings. The fraction of sp³-hybridized carbons (Fsp3) is 0.400. The van der Waals surface area contributed by atoms with Gasteiger partial charge in [-0.3, -0.25) is 0 Å². The van der Waals surface area contributed by atoms with Gasteiger partial charge in [0.1, 0.15) is 11.5 Å². The zero-order valence-electron chi connectivity index (χ0n) is 8.16. The average molecular weight is 181 g/mol. The van der Waals surface area contributed by atoms with Gasteiger partial charge in [-0.25, -0.2) is 0 Å². The van der Waals surface area contributed by atoms with Crippen molar-refractivity contribution in [2.24, 2.45) is 0 Å². The molecule has 0 saturated heterocycles. The highest BCUT2D eigenvalue weighted by atomic mass is 16.5. The van der Waals surface area contributed by atoms with Crippen LogP contribution in [0.1, 0.15) is 18.5 Å². The maximum absolute atomic E-state index is 9.60. The summed E-state index contributed by atoms with van der Waals surface area (Å²) < 4.78 is 4.98. The lowest BCUT2D eigenvalue weighted by Crippen LogP contribution is -2.12. The lowest BCUT2D eigenvalue weighted by molar-refractivity contribution is 0.404. The first-order valence-electron chi connectivity index (χ1n) is 4.23. The van der Waals surface area contributed by atoms with E-state index in [1.807, 2.05) is 26.1 Å². The molecule has 0 radical (unpaired) electrons. The van der Waals surface area contributed by atoms with Gasteiger partial charge in [-0.2, -0.15) is 0 Å². The van der Waals surface area contributed by atoms with E-state index in [1.165, 1.54) is 0 Å². The summed E-state index contributed by atoms with van der Waals surface area (Å²) in [7, 11) is 3.43. The number of aromatic hydroxyl groups is 1. The molecule has 13 heavy (non-hydrogen) atoms. The van der Waals surface area contributed by atoms with Crippen LogP contribution in [-0.2, 0) is 0 Å². The third-order valence-corrected chi connectivity index (χ3v) is 2.14. The second-order valence-electron chi connectivity index (χ2n) is 2.94. The van der Waals surface area contributed by atoms with Crippen LogP contribution in [0.5, 0.6) is 11.5 Å². The first kappa shape index (κ1) is 9.86. The molecule has 1 atom stereocenters. The summed E-state index contributed by atoms with van der Waals surface area (Å²) in [6.45, 7) is 1.99. The van der Waals surface area contributed by atoms with Gasteiger partial charge in [-0.15, -0.1) is 0 Å². The molecule has 0 amide bonds. The van der Waals surface area contributed by atoms with Gasteiger partial charge in [0.25, 0.3) is 0 Å². The predicted octanol–water partition coefficient (Wildman–Crippen LogP) is 1.68. The van der Waals surface area contributed by atoms with Gasteiger partial charge in [0.15, 0.2) is 0 Å². The van der Waals surface area contributed by atoms with Gasteiger partial charge in [0.05, 0.1) is 7.11 Å². The Kier molecular flexibility index (Phi) is 3.14. The maximum Gasteiger partial charge on any atom is 0.124 e. The number of ether oxygens (including phenoxy) is 1. The molecule has 0 spiro atoms. The smallest absolute Gasteiger partial charge is 0.124 e. The number of benzene rings is 1. The molecule has 0 bridgehead atoms. The van der Waals surface area contributed by atoms with E-state index in [9.17, 15) is 5.11 Å². The first-order valence-corrected chi connectivity index (χ1v) is 4.23. The monoisotopic (exact) mass is 181 g/mol. The molecular formula is C10H15NO2. The minimum atomic E-state index is 0.144. The van der Waals surface area contributed by atoms with Gasteiger partial charge in [0, 0.05) is 17.7 Å². The van der Waals surface area contributed by atoms with Crippen LogP contribution in [0.4, 0.5) is 0 Å². The summed E-state index contributed by atoms with van der Waals surface area (Å²) in [5.74, 6) is 0.936. The highest BCUT2D eigenvalue weighted by molar-refractivity contribution is 5.41. The van der Waals surface area contributed by atoms with Crippen LogP contribution < -0.4 is 10.1 Å². The van der Waals surface area contributed by atoms with Crippen LogP contribution in [-0.4, -0.2) is 19.3 Å². The molecule has 0 saturated carbocycles. The molecule has 1 rings (SSSR count). The summed E-state index contributed by atoms with van der Waals surface area (Å²) in [6.07, 6.45) is 0. The lowest BCUT2D eigenvalue weighted by Gasteiger charge is -2.12. The lowest BCUT2D eigenvalue weighted by atomic mass is 10.1. The van der Waals surface area contributed by atoms with Crippen molar-refractivity contribution >= 4 is 0 Å². The Morgan fingerprint density at radius 3 is 2.62 bits per heavy atom. The summed E-state index contributed by atoms with van der Waals surface area (Å²) in [5.41, 5.74) is 0.878. The molecule has 0 aliphatic heterocycles. The summed E-state index contributed by atoms with van der Waals surface area (Å²) >= 11 is 0. The average Bonchev–Trinajstić information content (AvgIpc) is 2.16. The minimum Gasteiger partial charge on any atom is -0.507 e. The zero-order valence-corrected chi connectivity index (χ0v) is 8.16. The van der Waals surface area contributed by atoms with Gasteiger partial charge in [-0.05, 0) is 20.0 Å². The van der Waals surface area contributed by atoms with E-state index < -0.39 is 0 Å². The van der Waals surface area contributed by atoms with Crippen LogP contribution in [0, 0.1) is 0 Å². The molecule has 0 aromatic heterocycles. The Labute approximate surface area is 78.3 Å². The van der Waals surface area contributed by atoms with Crippen LogP contribution >= 0.6 is 0 Å². The molecule has 72 valence electrons. The van der Waals surface area contributed by atoms with E-state index in [0.29, 0.717) is 5.75 Å². The standard InChI is InChI=1S/C10H15NO2/c1-7(11-2)9-5-4-8(13-3)6-10(9)12/h4-7,11-12H,1-3H3/t7-/m1/s1. The number of hydrogen-bond donors (Lipinski definition) is 2. The first-order chi connectivity index (χ1) is 6.19. The summed E-state index contributed by atoms with van der Waals surface area (Å²) in [5, 5.41) is 12.7. The van der Waals surface area contributed by atoms with Gasteiger partial charge in [-0.1, -0.05) is 6.07 Å². The topological polar surface area (TPSA) is 41.5 Å². The number of nitrogens with one attached hydrogen (secondary N) is 1. The molecule has 0 aliphatic carbocycles. The summed E-state index contributed by atoms with van der Waals surface area (Å²) in [6, 6.07) is 5.45. The van der Waals surface area contributed by atoms with E-state index in [1.54, 1.807) is 13.2 Å². The van der Waals surface area contributed by atoms with Crippen molar-refractivity contribution < 1.29 is 9.84 Å². The van der Waals surface area contributed by atoms with Crippen molar-refractivity contribution in [2.75, 3.05) is 14.2 Å². The number of phenols is 1. The van der Waals surface area contributed by atoms with Crippen LogP contribution in [0.15, 0.2) is 18.2 Å². The predicted molar refractivity (Wildman–Crippen MR) is 52.1 cm³/mol. The molecular weight excluding hydrogens is 166 g/mol. The molecule has 0 unspecified atom stereocenters. The van der Waals surface area contributed by atoms with Crippen molar-refractivity contribution in [1.29, 1.82) is 0 Å². The molecule has 1 aromatic rings. The molecule has 2 N–H and O–H groups in total. The van der Waals surface area contributed by atoms with Crippen LogP contribution in [0.3, 0.4) is 0 Å². The Hall–Kier alpha value is -1.22. The highest BCUT2D eigenvalue weighted by Crippen LogP contribution is 2.27. The van der Waals surface area contributed by atoms with E-state index >= 15 is 0 Å². The highest BCUT2D eigenvalue weighted by Gasteiger charge is 2.08. The van der Waals surface area contributed by atoms with E-state index in [2.05, 4.69) is 5.32 Å². The zero-order chi connectivity index (χ0) is 9.84. The minimum absolute atomic E-state index is 0.144. The second-order valence-corrected chi connectivity index (χ2v) is 2.94. The SMILES string of the molecule is CN[C@H](C)c1ccc(OC)cc1O. The van der Waals surface area contributed by atoms with Crippen LogP contribution in [0.2, 0.25) is 0 Å². The summed E-state index contributed by atoms with van der Waals surface area (Å²) in [4.78, 5) is 0. The Bertz CT molecular complexity index is 286. The molecule has 3 nitrogen and oxygen atoms in total. The number of hydrogen-bond acceptors (Lipinski definition) is 3.